The first-order valence-corrected chi connectivity index (χ1v) is 9.90. The number of benzene rings is 2. The number of hydrogen-bond donors (Lipinski definition) is 0. The third-order valence-corrected chi connectivity index (χ3v) is 5.66. The maximum atomic E-state index is 6.27. The molecule has 5 nitrogen and oxygen atoms in total. The monoisotopic (exact) mass is 398 g/mol. The van der Waals surface area contributed by atoms with Crippen molar-refractivity contribution >= 4 is 0 Å². The van der Waals surface area contributed by atoms with Gasteiger partial charge in [0.25, 0.3) is 0 Å². The topological polar surface area (TPSA) is 46.2 Å². The van der Waals surface area contributed by atoms with Crippen molar-refractivity contribution in [2.75, 3.05) is 34.4 Å². The minimum Gasteiger partial charge on any atom is -0.492 e. The molecule has 0 radical (unpaired) electrons. The molecule has 1 aliphatic rings. The fourth-order valence-corrected chi connectivity index (χ4v) is 4.12. The van der Waals surface area contributed by atoms with E-state index in [9.17, 15) is 0 Å². The van der Waals surface area contributed by atoms with Crippen LogP contribution >= 0.6 is 0 Å². The molecule has 2 atom stereocenters. The lowest BCUT2D eigenvalue weighted by molar-refractivity contribution is 0.0504. The van der Waals surface area contributed by atoms with Crippen LogP contribution in [0, 0.1) is 0 Å². The molecule has 0 fully saturated rings. The SMILES string of the molecule is C=CC[C@@H]1c2ccc(OCOC)cc2OC[C@]1(CC)c1ccc(OCOC)cc1. The van der Waals surface area contributed by atoms with E-state index in [1.165, 1.54) is 11.1 Å². The molecule has 0 bridgehead atoms. The van der Waals surface area contributed by atoms with Gasteiger partial charge in [-0.2, -0.15) is 0 Å². The minimum absolute atomic E-state index is 0.143. The van der Waals surface area contributed by atoms with Gasteiger partial charge in [0.2, 0.25) is 0 Å². The molecule has 1 aliphatic heterocycles. The Bertz CT molecular complexity index is 801. The first-order valence-electron chi connectivity index (χ1n) is 9.90. The zero-order valence-corrected chi connectivity index (χ0v) is 17.5. The molecule has 1 heterocycles. The van der Waals surface area contributed by atoms with Gasteiger partial charge >= 0.3 is 0 Å². The summed E-state index contributed by atoms with van der Waals surface area (Å²) in [6.45, 7) is 7.28. The van der Waals surface area contributed by atoms with Crippen LogP contribution in [0.15, 0.2) is 55.1 Å². The third-order valence-electron chi connectivity index (χ3n) is 5.66. The van der Waals surface area contributed by atoms with Gasteiger partial charge in [-0.1, -0.05) is 31.2 Å². The van der Waals surface area contributed by atoms with E-state index >= 15 is 0 Å². The van der Waals surface area contributed by atoms with E-state index in [1.807, 2.05) is 30.3 Å². The number of rotatable bonds is 10. The fourth-order valence-electron chi connectivity index (χ4n) is 4.12. The second-order valence-corrected chi connectivity index (χ2v) is 7.20. The van der Waals surface area contributed by atoms with Gasteiger partial charge in [0.1, 0.15) is 17.2 Å². The summed E-state index contributed by atoms with van der Waals surface area (Å²) in [5, 5.41) is 0. The van der Waals surface area contributed by atoms with Crippen molar-refractivity contribution in [3.8, 4) is 17.2 Å². The average Bonchev–Trinajstić information content (AvgIpc) is 2.77. The number of methoxy groups -OCH3 is 2. The Morgan fingerprint density at radius 1 is 1.03 bits per heavy atom. The summed E-state index contributed by atoms with van der Waals surface area (Å²) in [5.74, 6) is 2.66. The molecule has 156 valence electrons. The highest BCUT2D eigenvalue weighted by Gasteiger charge is 2.44. The maximum absolute atomic E-state index is 6.27. The Hall–Kier alpha value is -2.50. The van der Waals surface area contributed by atoms with Crippen LogP contribution in [0.4, 0.5) is 0 Å². The van der Waals surface area contributed by atoms with Crippen molar-refractivity contribution in [1.82, 2.24) is 0 Å². The Labute approximate surface area is 173 Å². The van der Waals surface area contributed by atoms with Crippen LogP contribution in [-0.4, -0.2) is 34.4 Å². The van der Waals surface area contributed by atoms with Gasteiger partial charge in [-0.3, -0.25) is 0 Å². The molecule has 0 aliphatic carbocycles. The molecule has 3 rings (SSSR count). The largest absolute Gasteiger partial charge is 0.492 e. The van der Waals surface area contributed by atoms with E-state index in [-0.39, 0.29) is 24.9 Å². The average molecular weight is 398 g/mol. The van der Waals surface area contributed by atoms with Gasteiger partial charge in [0, 0.05) is 31.6 Å². The number of ether oxygens (including phenoxy) is 5. The van der Waals surface area contributed by atoms with E-state index in [4.69, 9.17) is 23.7 Å². The molecule has 29 heavy (non-hydrogen) atoms. The van der Waals surface area contributed by atoms with Crippen LogP contribution in [0.3, 0.4) is 0 Å². The van der Waals surface area contributed by atoms with Crippen molar-refractivity contribution < 1.29 is 23.7 Å². The summed E-state index contributed by atoms with van der Waals surface area (Å²) in [6.07, 6.45) is 3.81. The lowest BCUT2D eigenvalue weighted by Gasteiger charge is -2.44. The zero-order chi connectivity index (χ0) is 20.7. The summed E-state index contributed by atoms with van der Waals surface area (Å²) in [5.41, 5.74) is 2.28. The van der Waals surface area contributed by atoms with Crippen molar-refractivity contribution in [3.05, 3.63) is 66.2 Å². The van der Waals surface area contributed by atoms with Crippen molar-refractivity contribution in [2.45, 2.75) is 31.1 Å². The van der Waals surface area contributed by atoms with Gasteiger partial charge < -0.3 is 23.7 Å². The van der Waals surface area contributed by atoms with Gasteiger partial charge in [-0.15, -0.1) is 6.58 Å². The van der Waals surface area contributed by atoms with Crippen LogP contribution < -0.4 is 14.2 Å². The van der Waals surface area contributed by atoms with E-state index < -0.39 is 0 Å². The number of hydrogen-bond acceptors (Lipinski definition) is 5. The number of fused-ring (bicyclic) bond motifs is 1. The molecular formula is C24H30O5. The molecule has 0 aromatic heterocycles. The van der Waals surface area contributed by atoms with Crippen LogP contribution in [0.2, 0.25) is 0 Å². The summed E-state index contributed by atoms with van der Waals surface area (Å²) in [7, 11) is 3.22. The minimum atomic E-state index is -0.143. The standard InChI is InChI=1S/C24H30O5/c1-5-7-22-21-13-12-20(29-17-26-4)14-23(21)27-15-24(22,6-2)18-8-10-19(11-9-18)28-16-25-3/h5,8-14,22H,1,6-7,15-17H2,2-4H3/t22-,24-/m1/s1. The Kier molecular flexibility index (Phi) is 7.18. The van der Waals surface area contributed by atoms with Crippen molar-refractivity contribution in [3.63, 3.8) is 0 Å². The van der Waals surface area contributed by atoms with Crippen LogP contribution in [0.25, 0.3) is 0 Å². The van der Waals surface area contributed by atoms with Crippen molar-refractivity contribution in [2.24, 2.45) is 0 Å². The lowest BCUT2D eigenvalue weighted by atomic mass is 9.64. The van der Waals surface area contributed by atoms with Crippen LogP contribution in [-0.2, 0) is 14.9 Å². The maximum Gasteiger partial charge on any atom is 0.188 e. The zero-order valence-electron chi connectivity index (χ0n) is 17.5. The summed E-state index contributed by atoms with van der Waals surface area (Å²) in [6, 6.07) is 14.3. The van der Waals surface area contributed by atoms with Gasteiger partial charge in [0.05, 0.1) is 6.61 Å². The Morgan fingerprint density at radius 3 is 2.31 bits per heavy atom. The molecule has 0 unspecified atom stereocenters. The summed E-state index contributed by atoms with van der Waals surface area (Å²) < 4.78 is 27.4. The van der Waals surface area contributed by atoms with E-state index in [1.54, 1.807) is 14.2 Å². The van der Waals surface area contributed by atoms with Crippen LogP contribution in [0.1, 0.15) is 36.8 Å². The highest BCUT2D eigenvalue weighted by Crippen LogP contribution is 2.51. The summed E-state index contributed by atoms with van der Waals surface area (Å²) in [4.78, 5) is 0. The van der Waals surface area contributed by atoms with E-state index in [2.05, 4.69) is 31.7 Å². The highest BCUT2D eigenvalue weighted by molar-refractivity contribution is 5.49. The summed E-state index contributed by atoms with van der Waals surface area (Å²) >= 11 is 0. The van der Waals surface area contributed by atoms with Gasteiger partial charge in [-0.25, -0.2) is 0 Å². The first kappa shape index (κ1) is 21.2. The van der Waals surface area contributed by atoms with Crippen molar-refractivity contribution in [1.29, 1.82) is 0 Å². The molecule has 0 amide bonds. The van der Waals surface area contributed by atoms with Gasteiger partial charge in [0.15, 0.2) is 13.6 Å². The van der Waals surface area contributed by atoms with E-state index in [0.29, 0.717) is 6.61 Å². The second kappa shape index (κ2) is 9.81. The molecule has 2 aromatic rings. The quantitative estimate of drug-likeness (QED) is 0.414. The molecule has 0 spiro atoms. The predicted octanol–water partition coefficient (Wildman–Crippen LogP) is 5.05. The fraction of sp³-hybridized carbons (Fsp3) is 0.417. The molecule has 2 aromatic carbocycles. The molecule has 0 saturated heterocycles. The third kappa shape index (κ3) is 4.41. The lowest BCUT2D eigenvalue weighted by Crippen LogP contribution is -2.42. The molecule has 0 N–H and O–H groups in total. The highest BCUT2D eigenvalue weighted by atomic mass is 16.7. The number of allylic oxidation sites excluding steroid dienone is 1. The smallest absolute Gasteiger partial charge is 0.188 e. The first-order chi connectivity index (χ1) is 14.2. The molecule has 5 heteroatoms. The Balaban J connectivity index is 1.95. The Morgan fingerprint density at radius 2 is 1.69 bits per heavy atom. The van der Waals surface area contributed by atoms with E-state index in [0.717, 1.165) is 30.1 Å². The normalized spacial score (nSPS) is 20.4. The van der Waals surface area contributed by atoms with Gasteiger partial charge in [-0.05, 0) is 42.2 Å². The molecule has 0 saturated carbocycles. The van der Waals surface area contributed by atoms with Crippen LogP contribution in [0.5, 0.6) is 17.2 Å². The predicted molar refractivity (Wildman–Crippen MR) is 113 cm³/mol. The second-order valence-electron chi connectivity index (χ2n) is 7.20. The molecular weight excluding hydrogens is 368 g/mol.